The molecule has 199 valence electrons. The number of benzene rings is 5. The maximum Gasteiger partial charge on any atom is 0.103 e. The van der Waals surface area contributed by atoms with Gasteiger partial charge in [0.1, 0.15) is 9.52 Å². The summed E-state index contributed by atoms with van der Waals surface area (Å²) in [6.07, 6.45) is 1.05. The first-order valence-corrected chi connectivity index (χ1v) is 20.2. The second-order valence-electron chi connectivity index (χ2n) is 9.14. The van der Waals surface area contributed by atoms with Gasteiger partial charge in [-0.25, -0.2) is 0 Å². The predicted octanol–water partition coefficient (Wildman–Crippen LogP) is 8.00. The van der Waals surface area contributed by atoms with Crippen LogP contribution in [-0.2, 0) is 27.3 Å². The number of hydrogen-bond donors (Lipinski definition) is 0. The fourth-order valence-corrected chi connectivity index (χ4v) is 5.61. The maximum atomic E-state index is 10.6. The van der Waals surface area contributed by atoms with Crippen LogP contribution in [-0.4, -0.2) is 15.4 Å². The van der Waals surface area contributed by atoms with Gasteiger partial charge in [0.2, 0.25) is 0 Å². The Bertz CT molecular complexity index is 1400. The first kappa shape index (κ1) is 31.8. The van der Waals surface area contributed by atoms with Crippen LogP contribution in [0.15, 0.2) is 121 Å². The van der Waals surface area contributed by atoms with E-state index in [9.17, 15) is 4.79 Å². The number of carbonyl (C=O) groups excluding carboxylic acids is 1. The fraction of sp³-hybridized carbons (Fsp3) is 0.0882. The summed E-state index contributed by atoms with van der Waals surface area (Å²) in [5, 5.41) is 2.90. The molecule has 1 radical (unpaired) electrons. The molecule has 0 unspecified atom stereocenters. The maximum absolute atomic E-state index is 10.6. The summed E-state index contributed by atoms with van der Waals surface area (Å²) in [6, 6.07) is 44.9. The molecule has 6 rings (SSSR count). The molecule has 0 aromatic heterocycles. The van der Waals surface area contributed by atoms with Crippen molar-refractivity contribution in [3.63, 3.8) is 0 Å². The number of hydrogen-bond acceptors (Lipinski definition) is 1. The molecule has 1 aliphatic carbocycles. The number of rotatable bonds is 3. The van der Waals surface area contributed by atoms with Gasteiger partial charge >= 0.3 is 37.9 Å². The summed E-state index contributed by atoms with van der Waals surface area (Å²) in [6.45, 7) is 3.83. The summed E-state index contributed by atoms with van der Waals surface area (Å²) < 4.78 is 0. The summed E-state index contributed by atoms with van der Waals surface area (Å²) in [5.74, 6) is -0.614. The van der Waals surface area contributed by atoms with E-state index >= 15 is 0 Å². The predicted molar refractivity (Wildman–Crippen MR) is 169 cm³/mol. The second-order valence-corrected chi connectivity index (χ2v) is 14.5. The normalized spacial score (nSPS) is 10.1. The zero-order valence-corrected chi connectivity index (χ0v) is 27.6. The van der Waals surface area contributed by atoms with E-state index in [1.165, 1.54) is 32.6 Å². The van der Waals surface area contributed by atoms with E-state index < -0.39 is 26.8 Å². The van der Waals surface area contributed by atoms with Crippen molar-refractivity contribution in [2.75, 3.05) is 0 Å². The van der Waals surface area contributed by atoms with Crippen LogP contribution in [0.5, 0.6) is 0 Å². The molecule has 5 aromatic carbocycles. The Labute approximate surface area is 259 Å². The molecular weight excluding hydrogens is 629 g/mol. The van der Waals surface area contributed by atoms with Crippen molar-refractivity contribution in [2.24, 2.45) is 0 Å². The number of nitrogens with one attached hydrogen (secondary N) is 1. The Morgan fingerprint density at radius 3 is 1.80 bits per heavy atom. The third-order valence-electron chi connectivity index (χ3n) is 6.03. The molecule has 2 nitrogen and oxygen atoms in total. The van der Waals surface area contributed by atoms with Gasteiger partial charge in [-0.1, -0.05) is 136 Å². The minimum atomic E-state index is -0.826. The van der Waals surface area contributed by atoms with E-state index in [4.69, 9.17) is 22.8 Å². The van der Waals surface area contributed by atoms with Crippen LogP contribution >= 0.6 is 17.0 Å². The number of amides is 1. The minimum Gasteiger partial charge on any atom is -0.179 e. The number of aryl methyl sites for hydroxylation is 2. The van der Waals surface area contributed by atoms with E-state index in [1.54, 1.807) is 12.1 Å². The Morgan fingerprint density at radius 2 is 1.25 bits per heavy atom. The fourth-order valence-electron chi connectivity index (χ4n) is 4.39. The molecule has 0 fully saturated rings. The average Bonchev–Trinajstić information content (AvgIpc) is 3.34. The van der Waals surface area contributed by atoms with Crippen LogP contribution in [0.25, 0.3) is 16.9 Å². The van der Waals surface area contributed by atoms with Gasteiger partial charge in [-0.05, 0) is 25.8 Å². The topological polar surface area (TPSA) is 40.9 Å². The summed E-state index contributed by atoms with van der Waals surface area (Å²) in [7, 11) is 10.1. The molecule has 0 aliphatic heterocycles. The van der Waals surface area contributed by atoms with Crippen molar-refractivity contribution >= 4 is 42.8 Å². The molecule has 5 aromatic rings. The van der Waals surface area contributed by atoms with Gasteiger partial charge in [-0.15, -0.1) is 5.56 Å². The molecular formula is C34H30Cl2NOSiZr. The molecule has 6 heteroatoms. The van der Waals surface area contributed by atoms with Crippen LogP contribution in [0, 0.1) is 19.9 Å². The largest absolute Gasteiger partial charge is 0.179 e. The van der Waals surface area contributed by atoms with Crippen LogP contribution in [0.4, 0.5) is 0 Å². The Balaban J connectivity index is 0.000000158. The molecule has 0 bridgehead atoms. The molecule has 0 saturated heterocycles. The van der Waals surface area contributed by atoms with Crippen LogP contribution in [0.1, 0.15) is 32.6 Å². The van der Waals surface area contributed by atoms with Gasteiger partial charge < -0.3 is 10.5 Å². The van der Waals surface area contributed by atoms with E-state index in [1.807, 2.05) is 26.0 Å². The monoisotopic (exact) mass is 656 g/mol. The smallest absolute Gasteiger partial charge is 0.103 e. The van der Waals surface area contributed by atoms with Crippen LogP contribution in [0.2, 0.25) is 0 Å². The SMILES string of the molecule is Cc1cc(C)cc(C([NH-])=O)c1.[Cl][Zr+2][Cl].[c-]1cccc2c1Cc1ccccc1-2.c1ccc([SiH]c2ccccc2)cc1. The van der Waals surface area contributed by atoms with Gasteiger partial charge in [0, 0.05) is 0 Å². The Hall–Kier alpha value is -2.75. The minimum absolute atomic E-state index is 0.271. The second kappa shape index (κ2) is 17.1. The van der Waals surface area contributed by atoms with E-state index in [0.29, 0.717) is 5.56 Å². The average molecular weight is 659 g/mol. The van der Waals surface area contributed by atoms with Gasteiger partial charge in [0.05, 0.1) is 5.91 Å². The molecule has 0 heterocycles. The van der Waals surface area contributed by atoms with Gasteiger partial charge in [-0.2, -0.15) is 29.8 Å². The first-order chi connectivity index (χ1) is 19.4. The first-order valence-electron chi connectivity index (χ1n) is 12.7. The van der Waals surface area contributed by atoms with Crippen molar-refractivity contribution < 1.29 is 25.6 Å². The standard InChI is InChI=1S/C13H9.C12H11Si.C9H11NO.2ClH.Zr/c1-3-7-12-10(5-1)9-11-6-2-4-8-13(11)12;1-3-7-11(8-4-1)13-12-9-5-2-6-10-12;1-6-3-7(2)5-8(4-6)9(10)11;;;/h1-5,7-8H,9H2;1-10,13H;3-5H,1-2H3,(H2,10,11);2*1H;/q-1;;;;;+4/p-3. The van der Waals surface area contributed by atoms with Gasteiger partial charge in [0.15, 0.2) is 0 Å². The van der Waals surface area contributed by atoms with Gasteiger partial charge in [0.25, 0.3) is 0 Å². The Morgan fingerprint density at radius 1 is 0.750 bits per heavy atom. The van der Waals surface area contributed by atoms with Crippen LogP contribution < -0.4 is 10.4 Å². The summed E-state index contributed by atoms with van der Waals surface area (Å²) in [4.78, 5) is 10.6. The van der Waals surface area contributed by atoms with Crippen LogP contribution in [0.3, 0.4) is 0 Å². The molecule has 1 amide bonds. The third-order valence-corrected chi connectivity index (χ3v) is 7.47. The number of fused-ring (bicyclic) bond motifs is 3. The molecule has 1 N–H and O–H groups in total. The van der Waals surface area contributed by atoms with E-state index in [0.717, 1.165) is 17.5 Å². The molecule has 0 spiro atoms. The van der Waals surface area contributed by atoms with Crippen molar-refractivity contribution in [2.45, 2.75) is 20.3 Å². The zero-order valence-electron chi connectivity index (χ0n) is 22.5. The number of halogens is 2. The van der Waals surface area contributed by atoms with Crippen molar-refractivity contribution in [3.05, 3.63) is 161 Å². The van der Waals surface area contributed by atoms with Gasteiger partial charge in [-0.3, -0.25) is 0 Å². The molecule has 0 saturated carbocycles. The molecule has 1 aliphatic rings. The van der Waals surface area contributed by atoms with Crippen molar-refractivity contribution in [1.82, 2.24) is 0 Å². The zero-order chi connectivity index (χ0) is 28.7. The Kier molecular flexibility index (Phi) is 13.6. The molecule has 0 atom stereocenters. The van der Waals surface area contributed by atoms with Crippen molar-refractivity contribution in [1.29, 1.82) is 0 Å². The summed E-state index contributed by atoms with van der Waals surface area (Å²) in [5.41, 5.74) is 14.9. The third kappa shape index (κ3) is 10.3. The van der Waals surface area contributed by atoms with E-state index in [2.05, 4.69) is 103 Å². The van der Waals surface area contributed by atoms with E-state index in [-0.39, 0.29) is 9.52 Å². The quantitative estimate of drug-likeness (QED) is 0.140. The number of carbonyl (C=O) groups is 1. The molecule has 40 heavy (non-hydrogen) atoms. The summed E-state index contributed by atoms with van der Waals surface area (Å²) >= 11 is -0.826. The van der Waals surface area contributed by atoms with Crippen molar-refractivity contribution in [3.8, 4) is 11.1 Å².